The monoisotopic (exact) mass is 609 g/mol. The van der Waals surface area contributed by atoms with Crippen LogP contribution in [0.4, 0.5) is 0 Å². The van der Waals surface area contributed by atoms with Crippen molar-refractivity contribution in [3.63, 3.8) is 0 Å². The first-order valence-electron chi connectivity index (χ1n) is 14.5. The summed E-state index contributed by atoms with van der Waals surface area (Å²) in [5, 5.41) is 61.7. The van der Waals surface area contributed by atoms with Gasteiger partial charge in [-0.15, -0.1) is 0 Å². The van der Waals surface area contributed by atoms with Crippen molar-refractivity contribution in [3.8, 4) is 0 Å². The Morgan fingerprint density at radius 2 is 1.76 bits per heavy atom. The van der Waals surface area contributed by atoms with E-state index in [4.69, 9.17) is 41.9 Å². The van der Waals surface area contributed by atoms with Gasteiger partial charge in [-0.2, -0.15) is 0 Å². The van der Waals surface area contributed by atoms with Gasteiger partial charge in [0.1, 0.15) is 36.1 Å². The first kappa shape index (κ1) is 35.4. The highest BCUT2D eigenvalue weighted by Crippen LogP contribution is 2.32. The van der Waals surface area contributed by atoms with Gasteiger partial charge >= 0.3 is 0 Å². The summed E-state index contributed by atoms with van der Waals surface area (Å²) in [7, 11) is 1.56. The van der Waals surface area contributed by atoms with Gasteiger partial charge < -0.3 is 83.4 Å². The number of ether oxygens (including phenoxy) is 4. The number of nitrogens with two attached hydrogens (primary N) is 4. The molecule has 0 aromatic carbocycles. The Balaban J connectivity index is 1.80. The maximum atomic E-state index is 12.7. The molecule has 0 radical (unpaired) electrons. The van der Waals surface area contributed by atoms with E-state index in [1.165, 1.54) is 6.92 Å². The smallest absolute Gasteiger partial charge is 0.251 e. The molecule has 16 N–H and O–H groups in total. The van der Waals surface area contributed by atoms with E-state index in [2.05, 4.69) is 16.0 Å². The predicted molar refractivity (Wildman–Crippen MR) is 148 cm³/mol. The van der Waals surface area contributed by atoms with Crippen LogP contribution in [0.5, 0.6) is 0 Å². The van der Waals surface area contributed by atoms with Crippen LogP contribution in [0.1, 0.15) is 26.2 Å². The summed E-state index contributed by atoms with van der Waals surface area (Å²) < 4.78 is 23.9. The predicted octanol–water partition coefficient (Wildman–Crippen LogP) is -6.55. The minimum absolute atomic E-state index is 0.00298. The number of carbonyl (C=O) groups is 1. The molecule has 17 nitrogen and oxygen atoms in total. The molecule has 6 unspecified atom stereocenters. The number of hydrogen-bond acceptors (Lipinski definition) is 16. The fraction of sp³-hybridized carbons (Fsp3) is 0.960. The summed E-state index contributed by atoms with van der Waals surface area (Å²) in [4.78, 5) is 12.7. The zero-order valence-electron chi connectivity index (χ0n) is 24.2. The first-order chi connectivity index (χ1) is 19.8. The lowest BCUT2D eigenvalue weighted by atomic mass is 9.83. The molecule has 1 aliphatic carbocycles. The van der Waals surface area contributed by atoms with Crippen molar-refractivity contribution in [2.75, 3.05) is 39.8 Å². The second-order valence-electron chi connectivity index (χ2n) is 11.6. The summed E-state index contributed by atoms with van der Waals surface area (Å²) in [6.07, 6.45) is -9.72. The molecule has 3 aliphatic rings. The van der Waals surface area contributed by atoms with Crippen molar-refractivity contribution in [3.05, 3.63) is 0 Å². The third-order valence-corrected chi connectivity index (χ3v) is 8.14. The summed E-state index contributed by atoms with van der Waals surface area (Å²) in [5.74, 6) is -0.961. The number of aliphatic hydroxyl groups is 5. The molecule has 42 heavy (non-hydrogen) atoms. The Labute approximate surface area is 245 Å². The summed E-state index contributed by atoms with van der Waals surface area (Å²) in [6.45, 7) is 2.55. The number of likely N-dealkylation sites (N-methyl/N-ethyl adjacent to an activating group) is 1. The van der Waals surface area contributed by atoms with Gasteiger partial charge in [0.25, 0.3) is 5.91 Å². The van der Waals surface area contributed by atoms with Crippen molar-refractivity contribution >= 4 is 5.91 Å². The van der Waals surface area contributed by atoms with E-state index in [9.17, 15) is 30.3 Å². The fourth-order valence-corrected chi connectivity index (χ4v) is 5.71. The van der Waals surface area contributed by atoms with Crippen LogP contribution in [0.15, 0.2) is 0 Å². The van der Waals surface area contributed by atoms with Crippen molar-refractivity contribution in [2.24, 2.45) is 22.9 Å². The minimum atomic E-state index is -1.85. The molecule has 2 saturated heterocycles. The number of amides is 1. The van der Waals surface area contributed by atoms with Gasteiger partial charge in [-0.1, -0.05) is 0 Å². The highest BCUT2D eigenvalue weighted by atomic mass is 16.7. The standard InChI is InChI=1S/C25H51N7O10/c1-25(38)10-39-24(18(36)21(25)30-2)42-20-14(32-22(37)16(34)15(33)8-27)7-13(29)19(17(20)35)41-23-12(28)4-3-11(40-23)9-31-6-5-26/h11-21,23-24,30-31,33-36,38H,3-10,26-29H2,1-2H3,(H,32,37)/t11-,12?,13-,14+,15-,16-,17?,18?,19?,20?,21+,23+,24+,25?/m0/s1. The molecule has 3 fully saturated rings. The van der Waals surface area contributed by atoms with E-state index in [1.54, 1.807) is 7.05 Å². The minimum Gasteiger partial charge on any atom is -0.389 e. The lowest BCUT2D eigenvalue weighted by molar-refractivity contribution is -0.307. The molecule has 0 aromatic heterocycles. The van der Waals surface area contributed by atoms with Gasteiger partial charge in [0.05, 0.1) is 30.8 Å². The van der Waals surface area contributed by atoms with Crippen LogP contribution in [0, 0.1) is 0 Å². The highest BCUT2D eigenvalue weighted by Gasteiger charge is 2.52. The number of carbonyl (C=O) groups excluding carboxylic acids is 1. The third-order valence-electron chi connectivity index (χ3n) is 8.14. The maximum absolute atomic E-state index is 12.7. The average Bonchev–Trinajstić information content (AvgIpc) is 2.94. The molecular formula is C25H51N7O10. The second kappa shape index (κ2) is 15.7. The van der Waals surface area contributed by atoms with Gasteiger partial charge in [-0.05, 0) is 33.2 Å². The Morgan fingerprint density at radius 1 is 1.07 bits per heavy atom. The van der Waals surface area contributed by atoms with E-state index >= 15 is 0 Å². The van der Waals surface area contributed by atoms with Crippen LogP contribution in [-0.2, 0) is 23.7 Å². The Hall–Kier alpha value is -1.13. The maximum Gasteiger partial charge on any atom is 0.251 e. The van der Waals surface area contributed by atoms with Gasteiger partial charge in [0.15, 0.2) is 18.7 Å². The zero-order valence-corrected chi connectivity index (χ0v) is 24.2. The fourth-order valence-electron chi connectivity index (χ4n) is 5.71. The summed E-state index contributed by atoms with van der Waals surface area (Å²) in [6, 6.07) is -3.21. The van der Waals surface area contributed by atoms with Gasteiger partial charge in [-0.25, -0.2) is 0 Å². The topological polar surface area (TPSA) is 295 Å². The van der Waals surface area contributed by atoms with E-state index in [-0.39, 0.29) is 25.7 Å². The van der Waals surface area contributed by atoms with Crippen molar-refractivity contribution in [1.29, 1.82) is 0 Å². The Kier molecular flexibility index (Phi) is 13.2. The highest BCUT2D eigenvalue weighted by molar-refractivity contribution is 5.81. The molecule has 0 aromatic rings. The van der Waals surface area contributed by atoms with Crippen LogP contribution >= 0.6 is 0 Å². The van der Waals surface area contributed by atoms with Crippen LogP contribution in [0.25, 0.3) is 0 Å². The van der Waals surface area contributed by atoms with Gasteiger partial charge in [0, 0.05) is 32.2 Å². The molecule has 1 amide bonds. The molecule has 14 atom stereocenters. The van der Waals surface area contributed by atoms with Crippen LogP contribution in [0.2, 0.25) is 0 Å². The molecule has 246 valence electrons. The SMILES string of the molecule is CN[C@@H]1C(O)[C@@H](OC2C(O)C(O[C@H]3O[C@H](CNCCN)CCC3N)[C@@H](N)C[C@H]2NC(=O)[C@@H](O)[C@@H](O)CN)OCC1(C)O. The molecule has 2 heterocycles. The normalized spacial score (nSPS) is 42.6. The van der Waals surface area contributed by atoms with E-state index in [0.29, 0.717) is 32.5 Å². The molecule has 0 bridgehead atoms. The van der Waals surface area contributed by atoms with Gasteiger partial charge in [-0.3, -0.25) is 4.79 Å². The molecule has 1 saturated carbocycles. The van der Waals surface area contributed by atoms with Crippen molar-refractivity contribution in [2.45, 2.75) is 111 Å². The summed E-state index contributed by atoms with van der Waals surface area (Å²) in [5.41, 5.74) is 22.2. The molecule has 2 aliphatic heterocycles. The zero-order chi connectivity index (χ0) is 31.2. The van der Waals surface area contributed by atoms with Crippen molar-refractivity contribution < 1.29 is 49.3 Å². The molecule has 3 rings (SSSR count). The second-order valence-corrected chi connectivity index (χ2v) is 11.6. The summed E-state index contributed by atoms with van der Waals surface area (Å²) >= 11 is 0. The largest absolute Gasteiger partial charge is 0.389 e. The number of hydrogen-bond donors (Lipinski definition) is 12. The first-order valence-corrected chi connectivity index (χ1v) is 14.5. The van der Waals surface area contributed by atoms with E-state index in [0.717, 1.165) is 0 Å². The lowest BCUT2D eigenvalue weighted by Crippen LogP contribution is -2.69. The lowest BCUT2D eigenvalue weighted by Gasteiger charge is -2.49. The molecule has 0 spiro atoms. The van der Waals surface area contributed by atoms with Crippen molar-refractivity contribution in [1.82, 2.24) is 16.0 Å². The third kappa shape index (κ3) is 8.52. The Bertz CT molecular complexity index is 847. The number of nitrogens with one attached hydrogen (secondary N) is 3. The average molecular weight is 610 g/mol. The van der Waals surface area contributed by atoms with Crippen LogP contribution in [-0.4, -0.2) is 156 Å². The molecular weight excluding hydrogens is 558 g/mol. The Morgan fingerprint density at radius 3 is 2.40 bits per heavy atom. The van der Waals surface area contributed by atoms with Crippen LogP contribution in [0.3, 0.4) is 0 Å². The van der Waals surface area contributed by atoms with E-state index < -0.39 is 84.9 Å². The number of rotatable bonds is 13. The van der Waals surface area contributed by atoms with E-state index in [1.807, 2.05) is 0 Å². The number of aliphatic hydroxyl groups excluding tert-OH is 4. The quantitative estimate of drug-likeness (QED) is 0.0864. The van der Waals surface area contributed by atoms with Gasteiger partial charge in [0.2, 0.25) is 0 Å². The molecule has 17 heteroatoms. The van der Waals surface area contributed by atoms with Crippen LogP contribution < -0.4 is 38.9 Å².